The summed E-state index contributed by atoms with van der Waals surface area (Å²) in [5.74, 6) is -0.658. The number of hydrogen-bond acceptors (Lipinski definition) is 3. The van der Waals surface area contributed by atoms with Crippen LogP contribution in [0.15, 0.2) is 18.2 Å². The molecule has 2 N–H and O–H groups in total. The quantitative estimate of drug-likeness (QED) is 0.880. The first-order chi connectivity index (χ1) is 8.73. The number of nitrogens with one attached hydrogen (secondary N) is 2. The average Bonchev–Trinajstić information content (AvgIpc) is 2.29. The van der Waals surface area contributed by atoms with Crippen LogP contribution in [0.25, 0.3) is 0 Å². The van der Waals surface area contributed by atoms with Gasteiger partial charge in [0.05, 0.1) is 11.3 Å². The Morgan fingerprint density at radius 2 is 2.05 bits per heavy atom. The van der Waals surface area contributed by atoms with Gasteiger partial charge in [-0.1, -0.05) is 0 Å². The number of carbonyl (C=O) groups is 1. The monoisotopic (exact) mass is 263 g/mol. The molecule has 4 nitrogen and oxygen atoms in total. The topological polar surface area (TPSA) is 64.9 Å². The van der Waals surface area contributed by atoms with E-state index in [1.54, 1.807) is 6.92 Å². The molecule has 0 aliphatic carbocycles. The van der Waals surface area contributed by atoms with Crippen molar-refractivity contribution in [3.8, 4) is 6.07 Å². The third-order valence-corrected chi connectivity index (χ3v) is 2.37. The van der Waals surface area contributed by atoms with E-state index in [1.807, 2.05) is 26.8 Å². The number of carbonyl (C=O) groups excluding carboxylic acids is 1. The standard InChI is InChI=1S/C14H18FN3O/c1-9(13(19)18-14(2,3)4)17-12-6-5-11(15)7-10(12)8-16/h5-7,9,17H,1-4H3,(H,18,19). The molecule has 0 spiro atoms. The Morgan fingerprint density at radius 1 is 1.42 bits per heavy atom. The molecule has 102 valence electrons. The van der Waals surface area contributed by atoms with Gasteiger partial charge >= 0.3 is 0 Å². The molecule has 0 fully saturated rings. The Bertz CT molecular complexity index is 514. The van der Waals surface area contributed by atoms with Gasteiger partial charge in [0.1, 0.15) is 17.9 Å². The molecular formula is C14H18FN3O. The molecule has 0 saturated carbocycles. The van der Waals surface area contributed by atoms with Crippen molar-refractivity contribution in [3.05, 3.63) is 29.6 Å². The van der Waals surface area contributed by atoms with Gasteiger partial charge in [-0.3, -0.25) is 4.79 Å². The summed E-state index contributed by atoms with van der Waals surface area (Å²) < 4.78 is 13.0. The molecule has 19 heavy (non-hydrogen) atoms. The molecule has 1 unspecified atom stereocenters. The van der Waals surface area contributed by atoms with Gasteiger partial charge in [-0.25, -0.2) is 4.39 Å². The van der Waals surface area contributed by atoms with E-state index in [4.69, 9.17) is 5.26 Å². The third kappa shape index (κ3) is 4.59. The molecule has 1 aromatic carbocycles. The number of nitrogens with zero attached hydrogens (tertiary/aromatic N) is 1. The summed E-state index contributed by atoms with van der Waals surface area (Å²) in [5, 5.41) is 14.7. The molecule has 0 aliphatic rings. The molecule has 1 atom stereocenters. The highest BCUT2D eigenvalue weighted by Gasteiger charge is 2.19. The molecule has 0 radical (unpaired) electrons. The second kappa shape index (κ2) is 5.70. The molecule has 1 amide bonds. The van der Waals surface area contributed by atoms with Crippen LogP contribution in [0.3, 0.4) is 0 Å². The van der Waals surface area contributed by atoms with E-state index < -0.39 is 11.9 Å². The molecule has 0 aromatic heterocycles. The molecule has 0 saturated heterocycles. The van der Waals surface area contributed by atoms with Gasteiger partial charge in [0.25, 0.3) is 0 Å². The SMILES string of the molecule is CC(Nc1ccc(F)cc1C#N)C(=O)NC(C)(C)C. The largest absolute Gasteiger partial charge is 0.373 e. The normalized spacial score (nSPS) is 12.4. The fraction of sp³-hybridized carbons (Fsp3) is 0.429. The van der Waals surface area contributed by atoms with Crippen molar-refractivity contribution in [1.29, 1.82) is 5.26 Å². The molecule has 5 heteroatoms. The zero-order valence-corrected chi connectivity index (χ0v) is 11.5. The number of amides is 1. The number of rotatable bonds is 3. The van der Waals surface area contributed by atoms with Crippen molar-refractivity contribution in [2.75, 3.05) is 5.32 Å². The van der Waals surface area contributed by atoms with Gasteiger partial charge in [-0.15, -0.1) is 0 Å². The number of benzene rings is 1. The predicted octanol–water partition coefficient (Wildman–Crippen LogP) is 2.41. The Labute approximate surface area is 112 Å². The average molecular weight is 263 g/mol. The number of anilines is 1. The van der Waals surface area contributed by atoms with Crippen LogP contribution in [0.1, 0.15) is 33.3 Å². The predicted molar refractivity (Wildman–Crippen MR) is 72.1 cm³/mol. The fourth-order valence-corrected chi connectivity index (χ4v) is 1.51. The van der Waals surface area contributed by atoms with E-state index in [2.05, 4.69) is 10.6 Å². The van der Waals surface area contributed by atoms with E-state index in [-0.39, 0.29) is 17.0 Å². The first-order valence-corrected chi connectivity index (χ1v) is 6.01. The fourth-order valence-electron chi connectivity index (χ4n) is 1.51. The highest BCUT2D eigenvalue weighted by Crippen LogP contribution is 2.17. The first kappa shape index (κ1) is 15.0. The second-order valence-corrected chi connectivity index (χ2v) is 5.41. The Morgan fingerprint density at radius 3 is 2.58 bits per heavy atom. The minimum atomic E-state index is -0.517. The maximum Gasteiger partial charge on any atom is 0.242 e. The lowest BCUT2D eigenvalue weighted by Crippen LogP contribution is -2.47. The van der Waals surface area contributed by atoms with E-state index in [9.17, 15) is 9.18 Å². The van der Waals surface area contributed by atoms with Gasteiger partial charge in [-0.2, -0.15) is 5.26 Å². The minimum Gasteiger partial charge on any atom is -0.373 e. The van der Waals surface area contributed by atoms with Gasteiger partial charge in [0.15, 0.2) is 0 Å². The summed E-state index contributed by atoms with van der Waals surface area (Å²) in [4.78, 5) is 11.9. The van der Waals surface area contributed by atoms with Crippen molar-refractivity contribution in [1.82, 2.24) is 5.32 Å². The highest BCUT2D eigenvalue weighted by molar-refractivity contribution is 5.85. The van der Waals surface area contributed by atoms with E-state index in [0.717, 1.165) is 6.07 Å². The van der Waals surface area contributed by atoms with Crippen molar-refractivity contribution < 1.29 is 9.18 Å². The Balaban J connectivity index is 2.80. The van der Waals surface area contributed by atoms with Crippen molar-refractivity contribution in [3.63, 3.8) is 0 Å². The third-order valence-electron chi connectivity index (χ3n) is 2.37. The summed E-state index contributed by atoms with van der Waals surface area (Å²) >= 11 is 0. The summed E-state index contributed by atoms with van der Waals surface area (Å²) in [5.41, 5.74) is 0.296. The maximum atomic E-state index is 13.0. The van der Waals surface area contributed by atoms with Crippen LogP contribution < -0.4 is 10.6 Å². The number of halogens is 1. The molecule has 1 rings (SSSR count). The van der Waals surface area contributed by atoms with Gasteiger partial charge in [0.2, 0.25) is 5.91 Å². The summed E-state index contributed by atoms with van der Waals surface area (Å²) in [7, 11) is 0. The number of nitriles is 1. The lowest BCUT2D eigenvalue weighted by Gasteiger charge is -2.24. The van der Waals surface area contributed by atoms with Crippen LogP contribution in [0.5, 0.6) is 0 Å². The van der Waals surface area contributed by atoms with Crippen LogP contribution in [0.2, 0.25) is 0 Å². The molecule has 1 aromatic rings. The van der Waals surface area contributed by atoms with Crippen LogP contribution >= 0.6 is 0 Å². The van der Waals surface area contributed by atoms with Crippen LogP contribution in [-0.2, 0) is 4.79 Å². The lowest BCUT2D eigenvalue weighted by molar-refractivity contribution is -0.122. The lowest BCUT2D eigenvalue weighted by atomic mass is 10.1. The van der Waals surface area contributed by atoms with E-state index >= 15 is 0 Å². The maximum absolute atomic E-state index is 13.0. The second-order valence-electron chi connectivity index (χ2n) is 5.41. The highest BCUT2D eigenvalue weighted by atomic mass is 19.1. The molecular weight excluding hydrogens is 245 g/mol. The zero-order chi connectivity index (χ0) is 14.6. The van der Waals surface area contributed by atoms with E-state index in [1.165, 1.54) is 12.1 Å². The van der Waals surface area contributed by atoms with E-state index in [0.29, 0.717) is 5.69 Å². The van der Waals surface area contributed by atoms with Gasteiger partial charge in [-0.05, 0) is 45.9 Å². The zero-order valence-electron chi connectivity index (χ0n) is 11.5. The van der Waals surface area contributed by atoms with Gasteiger partial charge in [0, 0.05) is 5.54 Å². The summed E-state index contributed by atoms with van der Waals surface area (Å²) in [6, 6.07) is 5.21. The first-order valence-electron chi connectivity index (χ1n) is 6.01. The van der Waals surface area contributed by atoms with Crippen LogP contribution in [0, 0.1) is 17.1 Å². The molecule has 0 heterocycles. The van der Waals surface area contributed by atoms with Gasteiger partial charge < -0.3 is 10.6 Å². The Kier molecular flexibility index (Phi) is 4.49. The summed E-state index contributed by atoms with van der Waals surface area (Å²) in [6.45, 7) is 7.34. The minimum absolute atomic E-state index is 0.176. The summed E-state index contributed by atoms with van der Waals surface area (Å²) in [6.07, 6.45) is 0. The van der Waals surface area contributed by atoms with Crippen molar-refractivity contribution in [2.24, 2.45) is 0 Å². The molecule has 0 aliphatic heterocycles. The van der Waals surface area contributed by atoms with Crippen LogP contribution in [-0.4, -0.2) is 17.5 Å². The van der Waals surface area contributed by atoms with Crippen molar-refractivity contribution >= 4 is 11.6 Å². The van der Waals surface area contributed by atoms with Crippen molar-refractivity contribution in [2.45, 2.75) is 39.3 Å². The number of hydrogen-bond donors (Lipinski definition) is 2. The van der Waals surface area contributed by atoms with Crippen LogP contribution in [0.4, 0.5) is 10.1 Å². The molecule has 0 bridgehead atoms. The Hall–Kier alpha value is -2.09. The smallest absolute Gasteiger partial charge is 0.242 e.